The molecule has 0 saturated heterocycles. The van der Waals surface area contributed by atoms with Crippen molar-refractivity contribution in [3.05, 3.63) is 18.3 Å². The Kier molecular flexibility index (Phi) is 3.30. The second-order valence-electron chi connectivity index (χ2n) is 3.95. The number of nitrogens with zero attached hydrogens (tertiary/aromatic N) is 1. The quantitative estimate of drug-likeness (QED) is 0.676. The first-order valence-electron chi connectivity index (χ1n) is 4.64. The van der Waals surface area contributed by atoms with Gasteiger partial charge in [-0.2, -0.15) is 0 Å². The molecule has 0 amide bonds. The lowest BCUT2D eigenvalue weighted by molar-refractivity contribution is 0.261. The van der Waals surface area contributed by atoms with Crippen LogP contribution in [0.5, 0.6) is 0 Å². The molecule has 0 unspecified atom stereocenters. The first-order valence-corrected chi connectivity index (χ1v) is 4.64. The summed E-state index contributed by atoms with van der Waals surface area (Å²) in [7, 11) is 0. The predicted octanol–water partition coefficient (Wildman–Crippen LogP) is 1.24. The van der Waals surface area contributed by atoms with Crippen LogP contribution in [0.25, 0.3) is 0 Å². The topological polar surface area (TPSA) is 71.2 Å². The van der Waals surface area contributed by atoms with E-state index in [9.17, 15) is 0 Å². The summed E-state index contributed by atoms with van der Waals surface area (Å²) >= 11 is 0. The van der Waals surface area contributed by atoms with Gasteiger partial charge in [0.15, 0.2) is 0 Å². The minimum atomic E-state index is -0.136. The number of hydrogen-bond acceptors (Lipinski definition) is 4. The number of anilines is 2. The summed E-state index contributed by atoms with van der Waals surface area (Å²) in [6.45, 7) is 4.22. The first kappa shape index (κ1) is 10.8. The van der Waals surface area contributed by atoms with Crippen LogP contribution in [0.2, 0.25) is 0 Å². The molecule has 78 valence electrons. The molecule has 0 aromatic carbocycles. The van der Waals surface area contributed by atoms with E-state index in [1.54, 1.807) is 12.3 Å². The minimum absolute atomic E-state index is 0.136. The standard InChI is InChI=1S/C10H17N3O/c1-10(2,4-6-14)13-8-3-5-12-9(11)7-8/h3,5,7,14H,4,6H2,1-2H3,(H3,11,12,13). The van der Waals surface area contributed by atoms with E-state index in [0.717, 1.165) is 5.69 Å². The Morgan fingerprint density at radius 3 is 2.86 bits per heavy atom. The third-order valence-electron chi connectivity index (χ3n) is 2.00. The van der Waals surface area contributed by atoms with Crippen LogP contribution in [0.3, 0.4) is 0 Å². The summed E-state index contributed by atoms with van der Waals surface area (Å²) in [5, 5.41) is 12.1. The molecule has 0 aliphatic heterocycles. The second kappa shape index (κ2) is 4.28. The molecule has 4 N–H and O–H groups in total. The Morgan fingerprint density at radius 2 is 2.29 bits per heavy atom. The van der Waals surface area contributed by atoms with E-state index in [-0.39, 0.29) is 12.1 Å². The fourth-order valence-electron chi connectivity index (χ4n) is 1.26. The van der Waals surface area contributed by atoms with E-state index in [4.69, 9.17) is 10.8 Å². The van der Waals surface area contributed by atoms with Crippen molar-refractivity contribution in [3.63, 3.8) is 0 Å². The largest absolute Gasteiger partial charge is 0.396 e. The number of nitrogen functional groups attached to an aromatic ring is 1. The molecule has 1 aromatic rings. The lowest BCUT2D eigenvalue weighted by Crippen LogP contribution is -2.31. The maximum Gasteiger partial charge on any atom is 0.125 e. The van der Waals surface area contributed by atoms with Gasteiger partial charge in [0.25, 0.3) is 0 Å². The van der Waals surface area contributed by atoms with Gasteiger partial charge >= 0.3 is 0 Å². The third kappa shape index (κ3) is 3.22. The van der Waals surface area contributed by atoms with Gasteiger partial charge in [-0.25, -0.2) is 4.98 Å². The summed E-state index contributed by atoms with van der Waals surface area (Å²) in [5.41, 5.74) is 6.34. The average molecular weight is 195 g/mol. The van der Waals surface area contributed by atoms with Gasteiger partial charge in [-0.15, -0.1) is 0 Å². The van der Waals surface area contributed by atoms with Crippen molar-refractivity contribution in [3.8, 4) is 0 Å². The van der Waals surface area contributed by atoms with Crippen LogP contribution >= 0.6 is 0 Å². The number of aromatic nitrogens is 1. The van der Waals surface area contributed by atoms with Gasteiger partial charge < -0.3 is 16.2 Å². The normalized spacial score (nSPS) is 11.4. The Balaban J connectivity index is 2.68. The van der Waals surface area contributed by atoms with E-state index >= 15 is 0 Å². The van der Waals surface area contributed by atoms with Crippen molar-refractivity contribution >= 4 is 11.5 Å². The maximum atomic E-state index is 8.86. The summed E-state index contributed by atoms with van der Waals surface area (Å²) in [6, 6.07) is 3.63. The Labute approximate surface area is 84.2 Å². The number of nitrogens with two attached hydrogens (primary N) is 1. The number of rotatable bonds is 4. The van der Waals surface area contributed by atoms with Crippen molar-refractivity contribution in [1.82, 2.24) is 4.98 Å². The highest BCUT2D eigenvalue weighted by Gasteiger charge is 2.16. The fourth-order valence-corrected chi connectivity index (χ4v) is 1.26. The van der Waals surface area contributed by atoms with Crippen molar-refractivity contribution in [2.24, 2.45) is 0 Å². The molecule has 0 bridgehead atoms. The highest BCUT2D eigenvalue weighted by atomic mass is 16.3. The van der Waals surface area contributed by atoms with Gasteiger partial charge in [-0.1, -0.05) is 0 Å². The highest BCUT2D eigenvalue weighted by molar-refractivity contribution is 5.51. The second-order valence-corrected chi connectivity index (χ2v) is 3.95. The number of pyridine rings is 1. The van der Waals surface area contributed by atoms with Crippen LogP contribution in [-0.2, 0) is 0 Å². The third-order valence-corrected chi connectivity index (χ3v) is 2.00. The maximum absolute atomic E-state index is 8.86. The van der Waals surface area contributed by atoms with Crippen LogP contribution < -0.4 is 11.1 Å². The first-order chi connectivity index (χ1) is 6.53. The lowest BCUT2D eigenvalue weighted by Gasteiger charge is -2.26. The molecule has 0 saturated carbocycles. The van der Waals surface area contributed by atoms with Crippen molar-refractivity contribution in [2.45, 2.75) is 25.8 Å². The van der Waals surface area contributed by atoms with Crippen molar-refractivity contribution in [2.75, 3.05) is 17.7 Å². The summed E-state index contributed by atoms with van der Waals surface area (Å²) in [5.74, 6) is 0.495. The van der Waals surface area contributed by atoms with Crippen molar-refractivity contribution in [1.29, 1.82) is 0 Å². The molecule has 1 rings (SSSR count). The zero-order valence-electron chi connectivity index (χ0n) is 8.62. The van der Waals surface area contributed by atoms with E-state index in [0.29, 0.717) is 12.2 Å². The molecule has 0 aliphatic rings. The van der Waals surface area contributed by atoms with Crippen LogP contribution in [0.15, 0.2) is 18.3 Å². The predicted molar refractivity (Wildman–Crippen MR) is 58.1 cm³/mol. The number of aliphatic hydroxyl groups is 1. The summed E-state index contributed by atoms with van der Waals surface area (Å²) in [6.07, 6.45) is 2.35. The molecule has 1 aromatic heterocycles. The molecule has 4 nitrogen and oxygen atoms in total. The smallest absolute Gasteiger partial charge is 0.125 e. The SMILES string of the molecule is CC(C)(CCO)Nc1ccnc(N)c1. The number of hydrogen-bond donors (Lipinski definition) is 3. The fraction of sp³-hybridized carbons (Fsp3) is 0.500. The molecule has 14 heavy (non-hydrogen) atoms. The Bertz CT molecular complexity index is 299. The van der Waals surface area contributed by atoms with Crippen LogP contribution in [0.1, 0.15) is 20.3 Å². The average Bonchev–Trinajstić information content (AvgIpc) is 2.02. The molecule has 4 heteroatoms. The summed E-state index contributed by atoms with van der Waals surface area (Å²) < 4.78 is 0. The zero-order valence-corrected chi connectivity index (χ0v) is 8.62. The van der Waals surface area contributed by atoms with E-state index < -0.39 is 0 Å². The van der Waals surface area contributed by atoms with Gasteiger partial charge in [0.2, 0.25) is 0 Å². The molecule has 0 aliphatic carbocycles. The monoisotopic (exact) mass is 195 g/mol. The molecule has 0 fully saturated rings. The minimum Gasteiger partial charge on any atom is -0.396 e. The number of aliphatic hydroxyl groups excluding tert-OH is 1. The summed E-state index contributed by atoms with van der Waals surface area (Å²) in [4.78, 5) is 3.90. The molecule has 1 heterocycles. The van der Waals surface area contributed by atoms with Gasteiger partial charge in [0, 0.05) is 30.1 Å². The Hall–Kier alpha value is -1.29. The van der Waals surface area contributed by atoms with Crippen LogP contribution in [-0.4, -0.2) is 22.2 Å². The van der Waals surface area contributed by atoms with Crippen LogP contribution in [0, 0.1) is 0 Å². The Morgan fingerprint density at radius 1 is 1.57 bits per heavy atom. The van der Waals surface area contributed by atoms with Crippen LogP contribution in [0.4, 0.5) is 11.5 Å². The van der Waals surface area contributed by atoms with Gasteiger partial charge in [0.05, 0.1) is 0 Å². The molecule has 0 radical (unpaired) electrons. The van der Waals surface area contributed by atoms with E-state index in [2.05, 4.69) is 10.3 Å². The van der Waals surface area contributed by atoms with Gasteiger partial charge in [-0.05, 0) is 26.3 Å². The van der Waals surface area contributed by atoms with Gasteiger partial charge in [-0.3, -0.25) is 0 Å². The number of nitrogens with one attached hydrogen (secondary N) is 1. The highest BCUT2D eigenvalue weighted by Crippen LogP contribution is 2.18. The molecule has 0 spiro atoms. The lowest BCUT2D eigenvalue weighted by atomic mass is 10.0. The molecular weight excluding hydrogens is 178 g/mol. The zero-order chi connectivity index (χ0) is 10.6. The van der Waals surface area contributed by atoms with E-state index in [1.807, 2.05) is 19.9 Å². The molecule has 0 atom stereocenters. The van der Waals surface area contributed by atoms with Crippen molar-refractivity contribution < 1.29 is 5.11 Å². The molecular formula is C10H17N3O. The van der Waals surface area contributed by atoms with Gasteiger partial charge in [0.1, 0.15) is 5.82 Å². The van der Waals surface area contributed by atoms with E-state index in [1.165, 1.54) is 0 Å².